The second-order valence-corrected chi connectivity index (χ2v) is 10.1. The molecule has 0 bridgehead atoms. The zero-order valence-electron chi connectivity index (χ0n) is 19.4. The van der Waals surface area contributed by atoms with Gasteiger partial charge in [-0.2, -0.15) is 5.10 Å². The van der Waals surface area contributed by atoms with Gasteiger partial charge in [0, 0.05) is 23.2 Å². The van der Waals surface area contributed by atoms with Crippen LogP contribution in [0.25, 0.3) is 0 Å². The van der Waals surface area contributed by atoms with E-state index in [4.69, 9.17) is 11.6 Å². The first-order valence-corrected chi connectivity index (χ1v) is 12.8. The van der Waals surface area contributed by atoms with Gasteiger partial charge in [-0.1, -0.05) is 41.9 Å². The van der Waals surface area contributed by atoms with Crippen LogP contribution in [0.5, 0.6) is 0 Å². The van der Waals surface area contributed by atoms with Gasteiger partial charge in [0.25, 0.3) is 5.91 Å². The molecule has 0 saturated carbocycles. The number of halogens is 1. The van der Waals surface area contributed by atoms with Gasteiger partial charge in [-0.05, 0) is 60.5 Å². The first-order chi connectivity index (χ1) is 16.5. The lowest BCUT2D eigenvalue weighted by atomic mass is 10.1. The van der Waals surface area contributed by atoms with Crippen LogP contribution >= 0.6 is 11.6 Å². The average Bonchev–Trinajstić information content (AvgIpc) is 2.81. The molecule has 3 aromatic rings. The van der Waals surface area contributed by atoms with Crippen molar-refractivity contribution in [3.05, 3.63) is 94.5 Å². The Morgan fingerprint density at radius 2 is 1.51 bits per heavy atom. The summed E-state index contributed by atoms with van der Waals surface area (Å²) >= 11 is 6.20. The van der Waals surface area contributed by atoms with Gasteiger partial charge in [-0.3, -0.25) is 13.9 Å². The van der Waals surface area contributed by atoms with E-state index in [1.54, 1.807) is 67.6 Å². The minimum Gasteiger partial charge on any atom is -0.326 e. The van der Waals surface area contributed by atoms with Crippen LogP contribution in [0.4, 0.5) is 11.4 Å². The molecule has 0 saturated heterocycles. The van der Waals surface area contributed by atoms with Crippen LogP contribution in [0.2, 0.25) is 5.02 Å². The number of hydrogen-bond donors (Lipinski definition) is 2. The summed E-state index contributed by atoms with van der Waals surface area (Å²) in [4.78, 5) is 23.7. The van der Waals surface area contributed by atoms with E-state index in [0.29, 0.717) is 33.2 Å². The molecule has 2 N–H and O–H groups in total. The monoisotopic (exact) mass is 512 g/mol. The number of rotatable bonds is 8. The first kappa shape index (κ1) is 25.9. The van der Waals surface area contributed by atoms with E-state index < -0.39 is 15.9 Å². The second-order valence-electron chi connectivity index (χ2n) is 7.80. The number of hydrogen-bond acceptors (Lipinski definition) is 5. The minimum atomic E-state index is -3.60. The fraction of sp³-hybridized carbons (Fsp3) is 0.160. The van der Waals surface area contributed by atoms with Gasteiger partial charge < -0.3 is 5.32 Å². The third kappa shape index (κ3) is 7.14. The molecule has 0 aliphatic rings. The average molecular weight is 513 g/mol. The van der Waals surface area contributed by atoms with Crippen LogP contribution in [0.3, 0.4) is 0 Å². The number of carbonyl (C=O) groups is 2. The molecule has 0 aliphatic carbocycles. The fourth-order valence-corrected chi connectivity index (χ4v) is 4.30. The molecule has 0 aliphatic heterocycles. The minimum absolute atomic E-state index is 0.0638. The Morgan fingerprint density at radius 3 is 2.09 bits per heavy atom. The van der Waals surface area contributed by atoms with Gasteiger partial charge in [0.2, 0.25) is 15.9 Å². The number of benzene rings is 3. The van der Waals surface area contributed by atoms with Crippen LogP contribution in [0.15, 0.2) is 77.9 Å². The van der Waals surface area contributed by atoms with Crippen LogP contribution in [0.1, 0.15) is 35.3 Å². The topological polar surface area (TPSA) is 108 Å². The van der Waals surface area contributed by atoms with Crippen molar-refractivity contribution in [1.82, 2.24) is 5.43 Å². The number of carbonyl (C=O) groups excluding carboxylic acids is 2. The normalized spacial score (nSPS) is 11.6. The molecular formula is C25H25ClN4O4S. The Kier molecular flexibility index (Phi) is 8.26. The van der Waals surface area contributed by atoms with E-state index in [1.165, 1.54) is 23.4 Å². The molecule has 0 radical (unpaired) electrons. The van der Waals surface area contributed by atoms with Crippen LogP contribution in [0, 0.1) is 0 Å². The Hall–Kier alpha value is -3.69. The van der Waals surface area contributed by atoms with Gasteiger partial charge in [0.1, 0.15) is 0 Å². The zero-order chi connectivity index (χ0) is 25.6. The lowest BCUT2D eigenvalue weighted by Crippen LogP contribution is -2.29. The van der Waals surface area contributed by atoms with Gasteiger partial charge in [0.05, 0.1) is 24.2 Å². The summed E-state index contributed by atoms with van der Waals surface area (Å²) < 4.78 is 26.1. The van der Waals surface area contributed by atoms with Crippen molar-refractivity contribution in [3.63, 3.8) is 0 Å². The predicted molar refractivity (Wildman–Crippen MR) is 139 cm³/mol. The Bertz CT molecular complexity index is 1350. The summed E-state index contributed by atoms with van der Waals surface area (Å²) in [5.74, 6) is -0.604. The molecule has 0 aromatic heterocycles. The van der Waals surface area contributed by atoms with Crippen LogP contribution in [-0.4, -0.2) is 32.2 Å². The number of sulfonamides is 1. The standard InChI is InChI=1S/C25H25ClN4O4S/c1-17(19-8-12-22(13-9-19)27-18(2)31)28-29-25(32)20-10-14-23(15-11-20)30(35(3,33)34)16-21-6-4-5-7-24(21)26/h4-15H,16H2,1-3H3,(H,27,31)(H,29,32)/b28-17-. The highest BCUT2D eigenvalue weighted by atomic mass is 35.5. The fourth-order valence-electron chi connectivity index (χ4n) is 3.22. The van der Waals surface area contributed by atoms with Crippen molar-refractivity contribution in [1.29, 1.82) is 0 Å². The van der Waals surface area contributed by atoms with E-state index in [2.05, 4.69) is 15.8 Å². The van der Waals surface area contributed by atoms with Gasteiger partial charge in [-0.25, -0.2) is 13.8 Å². The maximum absolute atomic E-state index is 12.6. The first-order valence-electron chi connectivity index (χ1n) is 10.6. The second kappa shape index (κ2) is 11.2. The molecular weight excluding hydrogens is 488 g/mol. The van der Waals surface area contributed by atoms with Crippen molar-refractivity contribution in [2.24, 2.45) is 5.10 Å². The Labute approximate surface area is 209 Å². The van der Waals surface area contributed by atoms with Crippen molar-refractivity contribution in [2.75, 3.05) is 15.9 Å². The lowest BCUT2D eigenvalue weighted by molar-refractivity contribution is -0.114. The molecule has 35 heavy (non-hydrogen) atoms. The van der Waals surface area contributed by atoms with Gasteiger partial charge in [0.15, 0.2) is 0 Å². The molecule has 2 amide bonds. The van der Waals surface area contributed by atoms with Crippen LogP contribution in [-0.2, 0) is 21.4 Å². The predicted octanol–water partition coefficient (Wildman–Crippen LogP) is 4.42. The maximum Gasteiger partial charge on any atom is 0.271 e. The molecule has 0 fully saturated rings. The molecule has 0 atom stereocenters. The molecule has 3 rings (SSSR count). The lowest BCUT2D eigenvalue weighted by Gasteiger charge is -2.23. The zero-order valence-corrected chi connectivity index (χ0v) is 21.0. The summed E-state index contributed by atoms with van der Waals surface area (Å²) in [6.45, 7) is 3.24. The summed E-state index contributed by atoms with van der Waals surface area (Å²) in [5, 5.41) is 7.28. The van der Waals surface area contributed by atoms with Crippen LogP contribution < -0.4 is 15.0 Å². The summed E-state index contributed by atoms with van der Waals surface area (Å²) in [6, 6.07) is 20.2. The smallest absolute Gasteiger partial charge is 0.271 e. The quantitative estimate of drug-likeness (QED) is 0.344. The summed E-state index contributed by atoms with van der Waals surface area (Å²) in [6.07, 6.45) is 1.12. The van der Waals surface area contributed by atoms with Gasteiger partial charge >= 0.3 is 0 Å². The van der Waals surface area contributed by atoms with E-state index >= 15 is 0 Å². The van der Waals surface area contributed by atoms with Crippen molar-refractivity contribution < 1.29 is 18.0 Å². The van der Waals surface area contributed by atoms with Crippen molar-refractivity contribution in [3.8, 4) is 0 Å². The Morgan fingerprint density at radius 1 is 0.914 bits per heavy atom. The van der Waals surface area contributed by atoms with E-state index in [0.717, 1.165) is 11.8 Å². The molecule has 182 valence electrons. The number of hydrazone groups is 1. The van der Waals surface area contributed by atoms with E-state index in [9.17, 15) is 18.0 Å². The summed E-state index contributed by atoms with van der Waals surface area (Å²) in [5.41, 5.74) is 5.90. The highest BCUT2D eigenvalue weighted by Gasteiger charge is 2.19. The molecule has 0 spiro atoms. The molecule has 0 heterocycles. The number of amides is 2. The van der Waals surface area contributed by atoms with Gasteiger partial charge in [-0.15, -0.1) is 0 Å². The highest BCUT2D eigenvalue weighted by Crippen LogP contribution is 2.24. The Balaban J connectivity index is 1.71. The van der Waals surface area contributed by atoms with Crippen molar-refractivity contribution in [2.45, 2.75) is 20.4 Å². The van der Waals surface area contributed by atoms with E-state index in [-0.39, 0.29) is 12.5 Å². The third-order valence-electron chi connectivity index (χ3n) is 5.04. The maximum atomic E-state index is 12.6. The summed E-state index contributed by atoms with van der Waals surface area (Å²) in [7, 11) is -3.60. The largest absolute Gasteiger partial charge is 0.326 e. The highest BCUT2D eigenvalue weighted by molar-refractivity contribution is 7.92. The molecule has 0 unspecified atom stereocenters. The van der Waals surface area contributed by atoms with E-state index in [1.807, 2.05) is 0 Å². The molecule has 3 aromatic carbocycles. The van der Waals surface area contributed by atoms with Crippen molar-refractivity contribution >= 4 is 50.5 Å². The number of nitrogens with one attached hydrogen (secondary N) is 2. The number of nitrogens with zero attached hydrogens (tertiary/aromatic N) is 2. The molecule has 8 nitrogen and oxygen atoms in total. The SMILES string of the molecule is CC(=O)Nc1ccc(/C(C)=N\NC(=O)c2ccc(N(Cc3ccccc3Cl)S(C)(=O)=O)cc2)cc1. The number of anilines is 2. The third-order valence-corrected chi connectivity index (χ3v) is 6.55. The molecule has 10 heteroatoms.